The molecule has 0 aromatic heterocycles. The van der Waals surface area contributed by atoms with Crippen LogP contribution >= 0.6 is 0 Å². The molecule has 0 saturated carbocycles. The van der Waals surface area contributed by atoms with E-state index in [0.29, 0.717) is 0 Å². The van der Waals surface area contributed by atoms with Gasteiger partial charge in [0.15, 0.2) is 6.27 Å². The van der Waals surface area contributed by atoms with Crippen LogP contribution in [0.5, 0.6) is 0 Å². The first-order chi connectivity index (χ1) is 6.24. The lowest BCUT2D eigenvalue weighted by molar-refractivity contribution is -0.248. The van der Waals surface area contributed by atoms with E-state index in [1.807, 2.05) is 0 Å². The van der Waals surface area contributed by atoms with Gasteiger partial charge in [-0.25, -0.2) is 0 Å². The van der Waals surface area contributed by atoms with Gasteiger partial charge in [0.2, 0.25) is 0 Å². The third kappa shape index (κ3) is 1.58. The first-order valence-corrected chi connectivity index (χ1v) is 3.40. The molecule has 0 bridgehead atoms. The first kappa shape index (κ1) is 7.19. The van der Waals surface area contributed by atoms with Gasteiger partial charge in [-0.2, -0.15) is 0 Å². The molecule has 6 heteroatoms. The molecule has 1 fully saturated rings. The molecule has 1 saturated heterocycles. The average Bonchev–Trinajstić information content (AvgIpc) is 2.09. The number of aliphatic hydroxyl groups excluding tert-OH is 3. The topological polar surface area (TPSA) is 116 Å². The summed E-state index contributed by atoms with van der Waals surface area (Å²) < 4.78 is 18.8. The van der Waals surface area contributed by atoms with E-state index < -0.39 is 37.2 Å². The lowest BCUT2D eigenvalue weighted by atomic mass is 9.98. The molecule has 0 spiro atoms. The second kappa shape index (κ2) is 3.65. The van der Waals surface area contributed by atoms with Gasteiger partial charge in [0, 0.05) is 0 Å². The zero-order valence-electron chi connectivity index (χ0n) is 8.21. The normalized spacial score (nSPS) is 63.9. The fourth-order valence-corrected chi connectivity index (χ4v) is 0.940. The van der Waals surface area contributed by atoms with Crippen LogP contribution in [0.1, 0.15) is 2.74 Å². The van der Waals surface area contributed by atoms with Crippen molar-refractivity contribution in [1.82, 2.24) is 0 Å². The van der Waals surface area contributed by atoms with Gasteiger partial charge in [0.05, 0.1) is 15.4 Å². The average molecular weight is 181 g/mol. The van der Waals surface area contributed by atoms with E-state index in [4.69, 9.17) is 13.6 Å². The molecule has 0 amide bonds. The lowest BCUT2D eigenvalue weighted by Gasteiger charge is -2.38. The summed E-state index contributed by atoms with van der Waals surface area (Å²) in [7, 11) is 0. The minimum atomic E-state index is -2.88. The van der Waals surface area contributed by atoms with E-state index in [1.54, 1.807) is 0 Å². The number of rotatable bonds is 1. The highest BCUT2D eigenvalue weighted by Gasteiger charge is 2.41. The van der Waals surface area contributed by atoms with Gasteiger partial charge in [0.25, 0.3) is 0 Å². The van der Waals surface area contributed by atoms with Crippen molar-refractivity contribution in [2.45, 2.75) is 30.6 Å². The van der Waals surface area contributed by atoms with Crippen LogP contribution in [0.3, 0.4) is 0 Å². The molecule has 1 rings (SSSR count). The zero-order valence-corrected chi connectivity index (χ0v) is 6.21. The molecular weight excluding hydrogens is 166 g/mol. The van der Waals surface area contributed by atoms with E-state index in [0.717, 1.165) is 0 Å². The van der Waals surface area contributed by atoms with E-state index in [1.165, 1.54) is 0 Å². The Hall–Kier alpha value is -0.240. The minimum absolute atomic E-state index is 0.699. The molecule has 0 radical (unpaired) electrons. The summed E-state index contributed by atoms with van der Waals surface area (Å²) in [4.78, 5) is 0. The smallest absolute Gasteiger partial charge is 0.173 e. The van der Waals surface area contributed by atoms with Crippen LogP contribution in [0.2, 0.25) is 0 Å². The maximum absolute atomic E-state index is 9.31. The zero-order chi connectivity index (χ0) is 11.1. The number of hydrogen-bond donors (Lipinski definition) is 5. The Labute approximate surface area is 72.0 Å². The monoisotopic (exact) mass is 181 g/mol. The molecule has 1 aliphatic heterocycles. The van der Waals surface area contributed by atoms with Gasteiger partial charge >= 0.3 is 0 Å². The van der Waals surface area contributed by atoms with Crippen LogP contribution in [0.15, 0.2) is 0 Å². The van der Waals surface area contributed by atoms with E-state index in [2.05, 4.69) is 4.74 Å². The molecular formula is C6H13NO5. The van der Waals surface area contributed by atoms with Gasteiger partial charge in [-0.1, -0.05) is 0 Å². The summed E-state index contributed by atoms with van der Waals surface area (Å²) in [6, 6.07) is -2.57. The third-order valence-corrected chi connectivity index (χ3v) is 1.71. The Morgan fingerprint density at radius 1 is 1.33 bits per heavy atom. The van der Waals surface area contributed by atoms with E-state index in [-0.39, 0.29) is 0 Å². The Kier molecular flexibility index (Phi) is 2.19. The van der Waals surface area contributed by atoms with Gasteiger partial charge in [-0.15, -0.1) is 0 Å². The maximum atomic E-state index is 9.31. The number of ether oxygens (including phenoxy) is 1. The van der Waals surface area contributed by atoms with Crippen molar-refractivity contribution in [3.8, 4) is 0 Å². The SMILES string of the molecule is [2H]C1(O)O[C@H](CO)[C@@H](O)[C@H](O)[C@@]1([2H])N. The molecule has 1 aliphatic rings. The first-order valence-electron chi connectivity index (χ1n) is 4.40. The minimum Gasteiger partial charge on any atom is -0.394 e. The fraction of sp³-hybridized carbons (Fsp3) is 1.00. The highest BCUT2D eigenvalue weighted by atomic mass is 16.6. The van der Waals surface area contributed by atoms with Gasteiger partial charge in [0.1, 0.15) is 18.3 Å². The molecule has 1 unspecified atom stereocenters. The Balaban J connectivity index is 2.95. The van der Waals surface area contributed by atoms with Crippen molar-refractivity contribution < 1.29 is 27.9 Å². The molecule has 5 atom stereocenters. The molecule has 0 aromatic carbocycles. The molecule has 12 heavy (non-hydrogen) atoms. The van der Waals surface area contributed by atoms with Crippen LogP contribution in [-0.4, -0.2) is 57.6 Å². The summed E-state index contributed by atoms with van der Waals surface area (Å²) in [6.45, 7) is -0.699. The highest BCUT2D eigenvalue weighted by molar-refractivity contribution is 4.90. The predicted octanol–water partition coefficient (Wildman–Crippen LogP) is -3.26. The third-order valence-electron chi connectivity index (χ3n) is 1.71. The Bertz CT molecular complexity index is 224. The second-order valence-electron chi connectivity index (χ2n) is 2.53. The summed E-state index contributed by atoms with van der Waals surface area (Å²) in [5, 5.41) is 36.5. The Morgan fingerprint density at radius 3 is 2.42 bits per heavy atom. The summed E-state index contributed by atoms with van der Waals surface area (Å²) in [6.07, 6.45) is -7.71. The Morgan fingerprint density at radius 2 is 1.92 bits per heavy atom. The standard InChI is InChI=1S/C6H13NO5/c7-3-5(10)4(9)2(1-8)12-6(3)11/h2-6,8-11H,1,7H2/t2-,3-,4-,5-,6?/m1/s1/i3D,6D. The van der Waals surface area contributed by atoms with Gasteiger partial charge in [-0.3, -0.25) is 0 Å². The predicted molar refractivity (Wildman–Crippen MR) is 38.0 cm³/mol. The quantitative estimate of drug-likeness (QED) is 0.290. The van der Waals surface area contributed by atoms with Crippen LogP contribution in [0, 0.1) is 0 Å². The lowest BCUT2D eigenvalue weighted by Crippen LogP contribution is -2.61. The van der Waals surface area contributed by atoms with Crippen LogP contribution in [0.4, 0.5) is 0 Å². The van der Waals surface area contributed by atoms with Crippen LogP contribution in [-0.2, 0) is 4.74 Å². The van der Waals surface area contributed by atoms with E-state index >= 15 is 0 Å². The van der Waals surface area contributed by atoms with Gasteiger partial charge in [-0.05, 0) is 0 Å². The van der Waals surface area contributed by atoms with E-state index in [9.17, 15) is 15.3 Å². The van der Waals surface area contributed by atoms with Crippen LogP contribution < -0.4 is 5.73 Å². The van der Waals surface area contributed by atoms with Crippen LogP contribution in [0.25, 0.3) is 0 Å². The summed E-state index contributed by atoms with van der Waals surface area (Å²) in [5.74, 6) is 0. The van der Waals surface area contributed by atoms with Crippen molar-refractivity contribution >= 4 is 0 Å². The maximum Gasteiger partial charge on any atom is 0.173 e. The largest absolute Gasteiger partial charge is 0.394 e. The summed E-state index contributed by atoms with van der Waals surface area (Å²) >= 11 is 0. The van der Waals surface area contributed by atoms with Gasteiger partial charge < -0.3 is 30.9 Å². The second-order valence-corrected chi connectivity index (χ2v) is 2.53. The molecule has 0 aliphatic carbocycles. The molecule has 1 heterocycles. The molecule has 6 nitrogen and oxygen atoms in total. The number of hydrogen-bond acceptors (Lipinski definition) is 6. The molecule has 6 N–H and O–H groups in total. The van der Waals surface area contributed by atoms with Crippen molar-refractivity contribution in [1.29, 1.82) is 0 Å². The highest BCUT2D eigenvalue weighted by Crippen LogP contribution is 2.17. The summed E-state index contributed by atoms with van der Waals surface area (Å²) in [5.41, 5.74) is 5.12. The van der Waals surface area contributed by atoms with Crippen molar-refractivity contribution in [2.24, 2.45) is 5.73 Å². The number of aliphatic hydroxyl groups is 4. The molecule has 0 aromatic rings. The van der Waals surface area contributed by atoms with Crippen molar-refractivity contribution in [3.63, 3.8) is 0 Å². The van der Waals surface area contributed by atoms with Crippen molar-refractivity contribution in [3.05, 3.63) is 0 Å². The van der Waals surface area contributed by atoms with Crippen molar-refractivity contribution in [2.75, 3.05) is 6.61 Å². The fourth-order valence-electron chi connectivity index (χ4n) is 0.940. The number of nitrogens with two attached hydrogens (primary N) is 1. The molecule has 72 valence electrons.